The molecule has 1 unspecified atom stereocenters. The fourth-order valence-corrected chi connectivity index (χ4v) is 2.51. The van der Waals surface area contributed by atoms with Crippen LogP contribution < -0.4 is 5.32 Å². The number of hydrogen-bond donors (Lipinski definition) is 1. The van der Waals surface area contributed by atoms with Crippen LogP contribution in [0.15, 0.2) is 0 Å². The summed E-state index contributed by atoms with van der Waals surface area (Å²) in [5.74, 6) is 0.236. The summed E-state index contributed by atoms with van der Waals surface area (Å²) >= 11 is 0. The summed E-state index contributed by atoms with van der Waals surface area (Å²) < 4.78 is 0. The highest BCUT2D eigenvalue weighted by Crippen LogP contribution is 2.36. The lowest BCUT2D eigenvalue weighted by Gasteiger charge is -2.38. The van der Waals surface area contributed by atoms with E-state index in [1.165, 1.54) is 12.8 Å². The summed E-state index contributed by atoms with van der Waals surface area (Å²) in [6, 6.07) is 0.872. The second-order valence-corrected chi connectivity index (χ2v) is 6.59. The lowest BCUT2D eigenvalue weighted by Crippen LogP contribution is -2.45. The van der Waals surface area contributed by atoms with Crippen LogP contribution in [0.4, 0.5) is 0 Å². The third-order valence-electron chi connectivity index (χ3n) is 4.46. The minimum absolute atomic E-state index is 0.236. The Balaban J connectivity index is 2.35. The van der Waals surface area contributed by atoms with Gasteiger partial charge in [-0.15, -0.1) is 0 Å². The van der Waals surface area contributed by atoms with E-state index in [2.05, 4.69) is 33.0 Å². The molecule has 0 aliphatic heterocycles. The Bertz CT molecular complexity index is 266. The molecule has 1 rings (SSSR count). The number of nitrogens with zero attached hydrogens (tertiary/aromatic N) is 1. The number of carbonyl (C=O) groups is 1. The lowest BCUT2D eigenvalue weighted by molar-refractivity contribution is -0.132. The van der Waals surface area contributed by atoms with Crippen molar-refractivity contribution in [1.82, 2.24) is 10.2 Å². The van der Waals surface area contributed by atoms with E-state index in [1.807, 2.05) is 11.9 Å². The van der Waals surface area contributed by atoms with E-state index in [1.54, 1.807) is 0 Å². The summed E-state index contributed by atoms with van der Waals surface area (Å²) in [7, 11) is 1.96. The molecule has 18 heavy (non-hydrogen) atoms. The molecule has 3 heteroatoms. The van der Waals surface area contributed by atoms with Gasteiger partial charge < -0.3 is 10.2 Å². The average Bonchev–Trinajstić information content (AvgIpc) is 2.34. The molecule has 0 aromatic rings. The van der Waals surface area contributed by atoms with E-state index in [0.717, 1.165) is 19.3 Å². The van der Waals surface area contributed by atoms with Crippen LogP contribution in [0.1, 0.15) is 59.8 Å². The fraction of sp³-hybridized carbons (Fsp3) is 0.933. The lowest BCUT2D eigenvalue weighted by atomic mass is 9.75. The summed E-state index contributed by atoms with van der Waals surface area (Å²) in [6.45, 7) is 9.39. The van der Waals surface area contributed by atoms with Crippen molar-refractivity contribution in [3.8, 4) is 0 Å². The number of nitrogens with one attached hydrogen (secondary N) is 1. The molecular formula is C15H30N2O. The Hall–Kier alpha value is -0.570. The van der Waals surface area contributed by atoms with Crippen molar-refractivity contribution in [2.75, 3.05) is 13.6 Å². The van der Waals surface area contributed by atoms with E-state index in [0.29, 0.717) is 24.0 Å². The normalized spacial score (nSPS) is 21.6. The molecule has 1 N–H and O–H groups in total. The quantitative estimate of drug-likeness (QED) is 0.818. The Morgan fingerprint density at radius 2 is 1.94 bits per heavy atom. The van der Waals surface area contributed by atoms with Crippen molar-refractivity contribution in [3.63, 3.8) is 0 Å². The van der Waals surface area contributed by atoms with Gasteiger partial charge in [-0.25, -0.2) is 0 Å². The fourth-order valence-electron chi connectivity index (χ4n) is 2.51. The Morgan fingerprint density at radius 3 is 2.44 bits per heavy atom. The first kappa shape index (κ1) is 15.5. The van der Waals surface area contributed by atoms with Gasteiger partial charge in [0, 0.05) is 19.1 Å². The molecular weight excluding hydrogens is 224 g/mol. The predicted octanol–water partition coefficient (Wildman–Crippen LogP) is 2.80. The Kier molecular flexibility index (Phi) is 5.64. The maximum absolute atomic E-state index is 12.1. The Labute approximate surface area is 112 Å². The van der Waals surface area contributed by atoms with Crippen molar-refractivity contribution >= 4 is 5.91 Å². The minimum atomic E-state index is 0.236. The van der Waals surface area contributed by atoms with Crippen LogP contribution >= 0.6 is 0 Å². The Morgan fingerprint density at radius 1 is 1.39 bits per heavy atom. The molecule has 0 spiro atoms. The van der Waals surface area contributed by atoms with E-state index in [4.69, 9.17) is 0 Å². The van der Waals surface area contributed by atoms with E-state index >= 15 is 0 Å². The smallest absolute Gasteiger partial charge is 0.236 e. The highest BCUT2D eigenvalue weighted by atomic mass is 16.2. The molecule has 0 radical (unpaired) electrons. The molecule has 1 aliphatic rings. The summed E-state index contributed by atoms with van der Waals surface area (Å²) in [5.41, 5.74) is 0.468. The van der Waals surface area contributed by atoms with Crippen molar-refractivity contribution in [3.05, 3.63) is 0 Å². The van der Waals surface area contributed by atoms with Gasteiger partial charge in [0.15, 0.2) is 0 Å². The van der Waals surface area contributed by atoms with E-state index in [-0.39, 0.29) is 5.91 Å². The van der Waals surface area contributed by atoms with Crippen molar-refractivity contribution < 1.29 is 4.79 Å². The van der Waals surface area contributed by atoms with Crippen LogP contribution in [-0.2, 0) is 4.79 Å². The highest BCUT2D eigenvalue weighted by Gasteiger charge is 2.30. The third kappa shape index (κ3) is 4.60. The molecule has 0 saturated heterocycles. The summed E-state index contributed by atoms with van der Waals surface area (Å²) in [6.07, 6.45) is 5.83. The third-order valence-corrected chi connectivity index (χ3v) is 4.46. The van der Waals surface area contributed by atoms with Gasteiger partial charge in [0.05, 0.1) is 6.54 Å². The highest BCUT2D eigenvalue weighted by molar-refractivity contribution is 5.78. The number of amides is 1. The van der Waals surface area contributed by atoms with Gasteiger partial charge in [-0.2, -0.15) is 0 Å². The summed E-state index contributed by atoms with van der Waals surface area (Å²) in [4.78, 5) is 14.1. The van der Waals surface area contributed by atoms with Crippen LogP contribution in [0, 0.1) is 5.41 Å². The van der Waals surface area contributed by atoms with Crippen LogP contribution in [0.5, 0.6) is 0 Å². The van der Waals surface area contributed by atoms with Gasteiger partial charge in [-0.3, -0.25) is 4.79 Å². The van der Waals surface area contributed by atoms with Crippen LogP contribution in [0.25, 0.3) is 0 Å². The van der Waals surface area contributed by atoms with Crippen molar-refractivity contribution in [2.24, 2.45) is 5.41 Å². The number of carbonyl (C=O) groups excluding carboxylic acids is 1. The number of likely N-dealkylation sites (N-methyl/N-ethyl adjacent to an activating group) is 1. The average molecular weight is 254 g/mol. The maximum Gasteiger partial charge on any atom is 0.236 e. The first-order chi connectivity index (χ1) is 8.35. The number of hydrogen-bond acceptors (Lipinski definition) is 2. The van der Waals surface area contributed by atoms with Gasteiger partial charge in [-0.05, 0) is 44.4 Å². The molecule has 1 atom stereocenters. The molecule has 1 aliphatic carbocycles. The topological polar surface area (TPSA) is 32.3 Å². The van der Waals surface area contributed by atoms with Crippen LogP contribution in [0.2, 0.25) is 0 Å². The molecule has 0 bridgehead atoms. The first-order valence-corrected chi connectivity index (χ1v) is 7.35. The largest absolute Gasteiger partial charge is 0.342 e. The number of rotatable bonds is 5. The second kappa shape index (κ2) is 6.55. The zero-order valence-corrected chi connectivity index (χ0v) is 12.8. The molecule has 0 aromatic heterocycles. The van der Waals surface area contributed by atoms with Gasteiger partial charge in [0.1, 0.15) is 0 Å². The molecule has 1 amide bonds. The van der Waals surface area contributed by atoms with Gasteiger partial charge >= 0.3 is 0 Å². The molecule has 3 nitrogen and oxygen atoms in total. The predicted molar refractivity (Wildman–Crippen MR) is 76.6 cm³/mol. The van der Waals surface area contributed by atoms with Crippen molar-refractivity contribution in [1.29, 1.82) is 0 Å². The maximum atomic E-state index is 12.1. The SMILES string of the molecule is CCC(C)NCC(=O)N(C)C1CCC(C)(C)CC1. The zero-order chi connectivity index (χ0) is 13.8. The molecule has 106 valence electrons. The molecule has 1 saturated carbocycles. The van der Waals surface area contributed by atoms with Gasteiger partial charge in [0.2, 0.25) is 5.91 Å². The standard InChI is InChI=1S/C15H30N2O/c1-6-12(2)16-11-14(18)17(5)13-7-9-15(3,4)10-8-13/h12-13,16H,6-11H2,1-5H3. The van der Waals surface area contributed by atoms with Crippen LogP contribution in [0.3, 0.4) is 0 Å². The molecule has 0 aromatic carbocycles. The minimum Gasteiger partial charge on any atom is -0.342 e. The zero-order valence-electron chi connectivity index (χ0n) is 12.8. The van der Waals surface area contributed by atoms with Crippen molar-refractivity contribution in [2.45, 2.75) is 71.9 Å². The second-order valence-electron chi connectivity index (χ2n) is 6.59. The van der Waals surface area contributed by atoms with E-state index in [9.17, 15) is 4.79 Å². The van der Waals surface area contributed by atoms with Gasteiger partial charge in [0.25, 0.3) is 0 Å². The summed E-state index contributed by atoms with van der Waals surface area (Å²) in [5, 5.41) is 3.28. The van der Waals surface area contributed by atoms with E-state index < -0.39 is 0 Å². The monoisotopic (exact) mass is 254 g/mol. The first-order valence-electron chi connectivity index (χ1n) is 7.35. The van der Waals surface area contributed by atoms with Crippen LogP contribution in [-0.4, -0.2) is 36.5 Å². The molecule has 1 fully saturated rings. The molecule has 0 heterocycles. The van der Waals surface area contributed by atoms with Gasteiger partial charge in [-0.1, -0.05) is 20.8 Å².